The predicted octanol–water partition coefficient (Wildman–Crippen LogP) is 4.82. The van der Waals surface area contributed by atoms with Gasteiger partial charge in [0.05, 0.1) is 34.4 Å². The fraction of sp³-hybridized carbons (Fsp3) is 0.405. The number of hydrogen-bond acceptors (Lipinski definition) is 7. The molecule has 0 bridgehead atoms. The lowest BCUT2D eigenvalue weighted by Gasteiger charge is -2.38. The summed E-state index contributed by atoms with van der Waals surface area (Å²) in [5, 5.41) is 9.42. The molecule has 3 aliphatic heterocycles. The standard InChI is InChI=1S/C37H35F3N6O5/c1-36(2,35(51)42-29-12-9-24(37(38,39)40)15-27(29)23-5-3-4-6-23)45-20-21(17-41-45)7-8-22-18-44(19-22)25-10-11-26-28(16-25)34(50)46(33(26)49)30-13-14-31(47)43-32(30)48/h9-12,15-17,20,22-23,30H,3-6,13-14,18-19H2,1-2H3,(H,42,51)(H,43,47,48). The van der Waals surface area contributed by atoms with Gasteiger partial charge in [-0.1, -0.05) is 24.7 Å². The van der Waals surface area contributed by atoms with Gasteiger partial charge in [-0.2, -0.15) is 18.3 Å². The zero-order valence-electron chi connectivity index (χ0n) is 28.0. The third kappa shape index (κ3) is 6.37. The number of aromatic nitrogens is 2. The highest BCUT2D eigenvalue weighted by Crippen LogP contribution is 2.41. The molecule has 4 heterocycles. The van der Waals surface area contributed by atoms with Crippen LogP contribution in [0.25, 0.3) is 0 Å². The molecule has 2 saturated heterocycles. The first-order chi connectivity index (χ1) is 24.2. The molecular formula is C37H35F3N6O5. The van der Waals surface area contributed by atoms with Crippen LogP contribution in [-0.4, -0.2) is 63.3 Å². The number of imide groups is 2. The molecule has 1 atom stereocenters. The van der Waals surface area contributed by atoms with Crippen LogP contribution in [0.5, 0.6) is 0 Å². The number of anilines is 2. The minimum absolute atomic E-state index is 0.00361. The topological polar surface area (TPSA) is 134 Å². The summed E-state index contributed by atoms with van der Waals surface area (Å²) < 4.78 is 42.0. The van der Waals surface area contributed by atoms with Gasteiger partial charge in [-0.05, 0) is 81.0 Å². The van der Waals surface area contributed by atoms with Crippen LogP contribution in [0.4, 0.5) is 24.5 Å². The van der Waals surface area contributed by atoms with Crippen LogP contribution in [-0.2, 0) is 26.1 Å². The summed E-state index contributed by atoms with van der Waals surface area (Å²) in [5.41, 5.74) is 0.722. The Kier molecular flexibility index (Phi) is 8.47. The van der Waals surface area contributed by atoms with Gasteiger partial charge in [0, 0.05) is 37.1 Å². The molecule has 264 valence electrons. The summed E-state index contributed by atoms with van der Waals surface area (Å²) in [4.78, 5) is 66.6. The predicted molar refractivity (Wildman–Crippen MR) is 179 cm³/mol. The highest BCUT2D eigenvalue weighted by Gasteiger charge is 2.45. The van der Waals surface area contributed by atoms with Gasteiger partial charge in [-0.25, -0.2) is 0 Å². The maximum atomic E-state index is 13.5. The van der Waals surface area contributed by atoms with Crippen molar-refractivity contribution >= 4 is 40.9 Å². The molecule has 2 aromatic carbocycles. The summed E-state index contributed by atoms with van der Waals surface area (Å²) in [6.07, 6.45) is 2.27. The monoisotopic (exact) mass is 700 g/mol. The molecule has 2 N–H and O–H groups in total. The molecule has 1 aromatic heterocycles. The minimum atomic E-state index is -4.48. The Hall–Kier alpha value is -5.45. The maximum absolute atomic E-state index is 13.5. The molecule has 1 aliphatic carbocycles. The molecular weight excluding hydrogens is 665 g/mol. The lowest BCUT2D eigenvalue weighted by Crippen LogP contribution is -2.54. The second-order valence-corrected chi connectivity index (χ2v) is 14.0. The van der Waals surface area contributed by atoms with Crippen LogP contribution < -0.4 is 15.5 Å². The first-order valence-corrected chi connectivity index (χ1v) is 16.9. The van der Waals surface area contributed by atoms with E-state index in [4.69, 9.17) is 0 Å². The molecule has 3 aromatic rings. The zero-order valence-corrected chi connectivity index (χ0v) is 28.0. The number of alkyl halides is 3. The molecule has 1 saturated carbocycles. The van der Waals surface area contributed by atoms with Crippen LogP contribution in [0, 0.1) is 17.8 Å². The fourth-order valence-electron chi connectivity index (χ4n) is 7.12. The average molecular weight is 701 g/mol. The molecule has 5 amide bonds. The first-order valence-electron chi connectivity index (χ1n) is 16.9. The van der Waals surface area contributed by atoms with E-state index in [1.807, 2.05) is 4.90 Å². The van der Waals surface area contributed by atoms with E-state index >= 15 is 0 Å². The molecule has 4 aliphatic rings. The summed E-state index contributed by atoms with van der Waals surface area (Å²) in [5.74, 6) is 3.63. The lowest BCUT2D eigenvalue weighted by atomic mass is 9.93. The largest absolute Gasteiger partial charge is 0.416 e. The third-order valence-corrected chi connectivity index (χ3v) is 10.2. The third-order valence-electron chi connectivity index (χ3n) is 10.2. The summed E-state index contributed by atoms with van der Waals surface area (Å²) in [7, 11) is 0. The van der Waals surface area contributed by atoms with E-state index in [2.05, 4.69) is 27.6 Å². The SMILES string of the molecule is CC(C)(C(=O)Nc1ccc(C(F)(F)F)cc1C1CCCC1)n1cc(C#CC2CN(c3ccc4c(c3)C(=O)N(C3CCC(=O)NC3=O)C4=O)C2)cn1. The Balaban J connectivity index is 0.983. The van der Waals surface area contributed by atoms with Gasteiger partial charge in [-0.15, -0.1) is 0 Å². The van der Waals surface area contributed by atoms with E-state index in [1.54, 1.807) is 44.4 Å². The number of benzene rings is 2. The van der Waals surface area contributed by atoms with Crippen molar-refractivity contribution in [3.05, 3.63) is 76.6 Å². The number of rotatable bonds is 6. The molecule has 0 spiro atoms. The van der Waals surface area contributed by atoms with Gasteiger partial charge in [0.15, 0.2) is 0 Å². The number of carbonyl (C=O) groups is 5. The Morgan fingerprint density at radius 1 is 0.961 bits per heavy atom. The number of fused-ring (bicyclic) bond motifs is 1. The van der Waals surface area contributed by atoms with E-state index in [9.17, 15) is 37.1 Å². The van der Waals surface area contributed by atoms with Crippen molar-refractivity contribution in [1.82, 2.24) is 20.0 Å². The van der Waals surface area contributed by atoms with Crippen molar-refractivity contribution < 1.29 is 37.1 Å². The van der Waals surface area contributed by atoms with Crippen molar-refractivity contribution in [3.63, 3.8) is 0 Å². The van der Waals surface area contributed by atoms with Crippen LogP contribution in [0.2, 0.25) is 0 Å². The van der Waals surface area contributed by atoms with E-state index in [1.165, 1.54) is 10.7 Å². The second-order valence-electron chi connectivity index (χ2n) is 14.0. The van der Waals surface area contributed by atoms with Gasteiger partial charge in [0.1, 0.15) is 11.6 Å². The van der Waals surface area contributed by atoms with Gasteiger partial charge in [-0.3, -0.25) is 38.9 Å². The van der Waals surface area contributed by atoms with Gasteiger partial charge in [0.2, 0.25) is 11.8 Å². The molecule has 3 fully saturated rings. The highest BCUT2D eigenvalue weighted by molar-refractivity contribution is 6.23. The number of amides is 5. The molecule has 0 radical (unpaired) electrons. The van der Waals surface area contributed by atoms with E-state index in [0.29, 0.717) is 29.9 Å². The Bertz CT molecular complexity index is 2030. The number of halogens is 3. The molecule has 1 unspecified atom stereocenters. The smallest absolute Gasteiger partial charge is 0.369 e. The van der Waals surface area contributed by atoms with Crippen LogP contribution >= 0.6 is 0 Å². The maximum Gasteiger partial charge on any atom is 0.416 e. The first kappa shape index (κ1) is 34.0. The van der Waals surface area contributed by atoms with Crippen molar-refractivity contribution in [3.8, 4) is 11.8 Å². The fourth-order valence-corrected chi connectivity index (χ4v) is 7.12. The zero-order chi connectivity index (χ0) is 36.2. The van der Waals surface area contributed by atoms with Crippen molar-refractivity contribution in [2.24, 2.45) is 5.92 Å². The van der Waals surface area contributed by atoms with E-state index in [-0.39, 0.29) is 35.8 Å². The van der Waals surface area contributed by atoms with E-state index < -0.39 is 52.9 Å². The Morgan fingerprint density at radius 3 is 2.39 bits per heavy atom. The number of carbonyl (C=O) groups excluding carboxylic acids is 5. The number of nitrogens with zero attached hydrogens (tertiary/aromatic N) is 4. The lowest BCUT2D eigenvalue weighted by molar-refractivity contribution is -0.138. The minimum Gasteiger partial charge on any atom is -0.369 e. The highest BCUT2D eigenvalue weighted by atomic mass is 19.4. The molecule has 14 heteroatoms. The van der Waals surface area contributed by atoms with Crippen molar-refractivity contribution in [1.29, 1.82) is 0 Å². The van der Waals surface area contributed by atoms with Gasteiger partial charge >= 0.3 is 6.18 Å². The normalized spacial score (nSPS) is 19.8. The van der Waals surface area contributed by atoms with Gasteiger partial charge < -0.3 is 10.2 Å². The second kappa shape index (κ2) is 12.7. The Labute approximate surface area is 291 Å². The molecule has 7 rings (SSSR count). The summed E-state index contributed by atoms with van der Waals surface area (Å²) in [6, 6.07) is 7.43. The molecule has 11 nitrogen and oxygen atoms in total. The van der Waals surface area contributed by atoms with Crippen LogP contribution in [0.1, 0.15) is 95.7 Å². The number of nitrogens with one attached hydrogen (secondary N) is 2. The van der Waals surface area contributed by atoms with Crippen molar-refractivity contribution in [2.45, 2.75) is 76.0 Å². The summed E-state index contributed by atoms with van der Waals surface area (Å²) >= 11 is 0. The number of piperidine rings is 1. The quantitative estimate of drug-likeness (QED) is 0.278. The Morgan fingerprint density at radius 2 is 1.69 bits per heavy atom. The molecule has 51 heavy (non-hydrogen) atoms. The average Bonchev–Trinajstić information content (AvgIpc) is 3.82. The van der Waals surface area contributed by atoms with E-state index in [0.717, 1.165) is 48.4 Å². The van der Waals surface area contributed by atoms with Gasteiger partial charge in [0.25, 0.3) is 17.7 Å². The van der Waals surface area contributed by atoms with Crippen LogP contribution in [0.3, 0.4) is 0 Å². The van der Waals surface area contributed by atoms with Crippen molar-refractivity contribution in [2.75, 3.05) is 23.3 Å². The summed E-state index contributed by atoms with van der Waals surface area (Å²) in [6.45, 7) is 4.50. The van der Waals surface area contributed by atoms with Crippen LogP contribution in [0.15, 0.2) is 48.8 Å². The number of hydrogen-bond donors (Lipinski definition) is 2.